The number of hydrogen-bond donors (Lipinski definition) is 1. The number of pyridine rings is 1. The van der Waals surface area contributed by atoms with Gasteiger partial charge in [0.05, 0.1) is 19.8 Å². The van der Waals surface area contributed by atoms with Gasteiger partial charge in [-0.2, -0.15) is 0 Å². The molecule has 2 aromatic carbocycles. The van der Waals surface area contributed by atoms with E-state index in [4.69, 9.17) is 9.72 Å². The van der Waals surface area contributed by atoms with E-state index in [0.717, 1.165) is 63.0 Å². The number of fused-ring (bicyclic) bond motifs is 2. The average molecular weight is 426 g/mol. The van der Waals surface area contributed by atoms with E-state index < -0.39 is 0 Å². The lowest BCUT2D eigenvalue weighted by molar-refractivity contribution is 0.122. The predicted octanol–water partition coefficient (Wildman–Crippen LogP) is 4.48. The van der Waals surface area contributed by atoms with E-state index >= 15 is 0 Å². The second-order valence-electron chi connectivity index (χ2n) is 8.50. The number of para-hydroxylation sites is 1. The summed E-state index contributed by atoms with van der Waals surface area (Å²) in [5.74, 6) is 1.93. The fraction of sp³-hybridized carbons (Fsp3) is 0.308. The van der Waals surface area contributed by atoms with Gasteiger partial charge in [-0.3, -0.25) is 4.99 Å². The van der Waals surface area contributed by atoms with Crippen LogP contribution in [0, 0.1) is 0 Å². The van der Waals surface area contributed by atoms with Crippen molar-refractivity contribution in [3.63, 3.8) is 0 Å². The molecule has 1 saturated heterocycles. The summed E-state index contributed by atoms with van der Waals surface area (Å²) in [7, 11) is 0. The molecule has 0 bridgehead atoms. The fourth-order valence-corrected chi connectivity index (χ4v) is 4.82. The number of aromatic nitrogens is 1. The molecule has 0 radical (unpaired) electrons. The Morgan fingerprint density at radius 3 is 2.62 bits per heavy atom. The van der Waals surface area contributed by atoms with Gasteiger partial charge >= 0.3 is 0 Å². The van der Waals surface area contributed by atoms with Crippen LogP contribution in [0.3, 0.4) is 0 Å². The summed E-state index contributed by atoms with van der Waals surface area (Å²) in [6, 6.07) is 19.5. The quantitative estimate of drug-likeness (QED) is 0.668. The Hall–Kier alpha value is -3.38. The first-order valence-electron chi connectivity index (χ1n) is 11.4. The molecule has 1 fully saturated rings. The molecular weight excluding hydrogens is 398 g/mol. The van der Waals surface area contributed by atoms with Gasteiger partial charge in [-0.05, 0) is 53.9 Å². The number of ether oxygens (including phenoxy) is 1. The number of hydrogen-bond acceptors (Lipinski definition) is 6. The molecule has 0 amide bonds. The molecule has 1 N–H and O–H groups in total. The highest BCUT2D eigenvalue weighted by atomic mass is 16.5. The summed E-state index contributed by atoms with van der Waals surface area (Å²) >= 11 is 0. The molecule has 4 heterocycles. The second-order valence-corrected chi connectivity index (χ2v) is 8.50. The van der Waals surface area contributed by atoms with Gasteiger partial charge in [-0.25, -0.2) is 4.98 Å². The summed E-state index contributed by atoms with van der Waals surface area (Å²) in [4.78, 5) is 14.3. The van der Waals surface area contributed by atoms with Crippen molar-refractivity contribution in [2.75, 3.05) is 48.0 Å². The van der Waals surface area contributed by atoms with Gasteiger partial charge in [0.15, 0.2) is 0 Å². The van der Waals surface area contributed by atoms with Crippen molar-refractivity contribution in [1.29, 1.82) is 0 Å². The first-order valence-corrected chi connectivity index (χ1v) is 11.4. The minimum atomic E-state index is 0.674. The number of morpholine rings is 1. The SMILES string of the molecule is C1=NCc2c(cc(N3CCc4ccccc43)nc2Nc2ccc(N3CCOCC3)cc2)C1. The molecule has 32 heavy (non-hydrogen) atoms. The summed E-state index contributed by atoms with van der Waals surface area (Å²) < 4.78 is 5.47. The third-order valence-corrected chi connectivity index (χ3v) is 6.56. The van der Waals surface area contributed by atoms with Crippen LogP contribution in [-0.2, 0) is 24.1 Å². The molecule has 0 unspecified atom stereocenters. The maximum atomic E-state index is 5.47. The predicted molar refractivity (Wildman–Crippen MR) is 130 cm³/mol. The van der Waals surface area contributed by atoms with E-state index in [1.54, 1.807) is 0 Å². The minimum Gasteiger partial charge on any atom is -0.378 e. The van der Waals surface area contributed by atoms with Crippen molar-refractivity contribution in [2.45, 2.75) is 19.4 Å². The average Bonchev–Trinajstić information content (AvgIpc) is 3.29. The van der Waals surface area contributed by atoms with Crippen molar-refractivity contribution >= 4 is 34.9 Å². The highest BCUT2D eigenvalue weighted by Crippen LogP contribution is 2.37. The lowest BCUT2D eigenvalue weighted by atomic mass is 10.0. The zero-order valence-corrected chi connectivity index (χ0v) is 18.1. The van der Waals surface area contributed by atoms with Gasteiger partial charge < -0.3 is 19.9 Å². The van der Waals surface area contributed by atoms with Crippen LogP contribution in [0.25, 0.3) is 0 Å². The number of rotatable bonds is 4. The molecular formula is C26H27N5O. The molecule has 6 heteroatoms. The van der Waals surface area contributed by atoms with Crippen LogP contribution in [0.1, 0.15) is 16.7 Å². The Balaban J connectivity index is 1.31. The van der Waals surface area contributed by atoms with E-state index in [2.05, 4.69) is 74.7 Å². The van der Waals surface area contributed by atoms with Crippen molar-refractivity contribution < 1.29 is 4.74 Å². The van der Waals surface area contributed by atoms with Gasteiger partial charge in [0.1, 0.15) is 11.6 Å². The summed E-state index contributed by atoms with van der Waals surface area (Å²) in [5, 5.41) is 3.60. The fourth-order valence-electron chi connectivity index (χ4n) is 4.82. The van der Waals surface area contributed by atoms with Crippen LogP contribution in [-0.4, -0.2) is 44.0 Å². The van der Waals surface area contributed by atoms with Gasteiger partial charge in [0, 0.05) is 54.9 Å². The normalized spacial score (nSPS) is 17.2. The van der Waals surface area contributed by atoms with Crippen LogP contribution >= 0.6 is 0 Å². The zero-order chi connectivity index (χ0) is 21.3. The van der Waals surface area contributed by atoms with Crippen molar-refractivity contribution in [2.24, 2.45) is 4.99 Å². The largest absolute Gasteiger partial charge is 0.378 e. The maximum absolute atomic E-state index is 5.47. The van der Waals surface area contributed by atoms with Crippen LogP contribution in [0.5, 0.6) is 0 Å². The molecule has 162 valence electrons. The van der Waals surface area contributed by atoms with Crippen molar-refractivity contribution in [3.05, 3.63) is 71.3 Å². The first-order chi connectivity index (χ1) is 15.8. The zero-order valence-electron chi connectivity index (χ0n) is 18.1. The monoisotopic (exact) mass is 425 g/mol. The smallest absolute Gasteiger partial charge is 0.138 e. The van der Waals surface area contributed by atoms with Crippen LogP contribution < -0.4 is 15.1 Å². The highest BCUT2D eigenvalue weighted by Gasteiger charge is 2.24. The van der Waals surface area contributed by atoms with Crippen molar-refractivity contribution in [1.82, 2.24) is 4.98 Å². The van der Waals surface area contributed by atoms with E-state index in [9.17, 15) is 0 Å². The Kier molecular flexibility index (Phi) is 5.00. The third kappa shape index (κ3) is 3.60. The topological polar surface area (TPSA) is 53.0 Å². The molecule has 6 rings (SSSR count). The number of aliphatic imine (C=N–C) groups is 1. The minimum absolute atomic E-state index is 0.674. The molecule has 0 aliphatic carbocycles. The molecule has 3 aliphatic heterocycles. The van der Waals surface area contributed by atoms with Gasteiger partial charge in [-0.15, -0.1) is 0 Å². The van der Waals surface area contributed by atoms with E-state index in [1.807, 2.05) is 6.21 Å². The summed E-state index contributed by atoms with van der Waals surface area (Å²) in [5.41, 5.74) is 7.45. The molecule has 0 saturated carbocycles. The van der Waals surface area contributed by atoms with Crippen LogP contribution in [0.2, 0.25) is 0 Å². The lowest BCUT2D eigenvalue weighted by Crippen LogP contribution is -2.36. The molecule has 3 aromatic rings. The Bertz CT molecular complexity index is 1150. The standard InChI is InChI=1S/C26H27N5O/c1-2-4-24-19(3-1)10-12-31(24)25-17-20-9-11-27-18-23(20)26(29-25)28-21-5-7-22(8-6-21)30-13-15-32-16-14-30/h1-8,11,17H,9-10,12-16,18H2,(H,28,29). The van der Waals surface area contributed by atoms with Crippen molar-refractivity contribution in [3.8, 4) is 0 Å². The van der Waals surface area contributed by atoms with E-state index in [0.29, 0.717) is 6.54 Å². The Labute approximate surface area is 188 Å². The number of nitrogens with zero attached hydrogens (tertiary/aromatic N) is 4. The third-order valence-electron chi connectivity index (χ3n) is 6.56. The molecule has 0 atom stereocenters. The lowest BCUT2D eigenvalue weighted by Gasteiger charge is -2.29. The molecule has 1 aromatic heterocycles. The molecule has 3 aliphatic rings. The number of nitrogens with one attached hydrogen (secondary N) is 1. The number of anilines is 5. The van der Waals surface area contributed by atoms with Crippen LogP contribution in [0.4, 0.5) is 28.7 Å². The van der Waals surface area contributed by atoms with Gasteiger partial charge in [-0.1, -0.05) is 18.2 Å². The Morgan fingerprint density at radius 1 is 0.906 bits per heavy atom. The summed E-state index contributed by atoms with van der Waals surface area (Å²) in [6.45, 7) is 5.12. The molecule has 0 spiro atoms. The molecule has 6 nitrogen and oxygen atoms in total. The summed E-state index contributed by atoms with van der Waals surface area (Å²) in [6.07, 6.45) is 3.93. The van der Waals surface area contributed by atoms with Gasteiger partial charge in [0.2, 0.25) is 0 Å². The maximum Gasteiger partial charge on any atom is 0.138 e. The first kappa shape index (κ1) is 19.3. The van der Waals surface area contributed by atoms with Gasteiger partial charge in [0.25, 0.3) is 0 Å². The Morgan fingerprint density at radius 2 is 1.75 bits per heavy atom. The second kappa shape index (κ2) is 8.28. The highest BCUT2D eigenvalue weighted by molar-refractivity contribution is 5.75. The van der Waals surface area contributed by atoms with E-state index in [1.165, 1.54) is 28.1 Å². The number of benzene rings is 2. The van der Waals surface area contributed by atoms with Crippen LogP contribution in [0.15, 0.2) is 59.6 Å². The van der Waals surface area contributed by atoms with E-state index in [-0.39, 0.29) is 0 Å².